The maximum Gasteiger partial charge on any atom is 0.258 e. The van der Waals surface area contributed by atoms with Crippen LogP contribution in [-0.4, -0.2) is 5.91 Å². The van der Waals surface area contributed by atoms with Crippen LogP contribution >= 0.6 is 15.9 Å². The van der Waals surface area contributed by atoms with Crippen molar-refractivity contribution in [1.82, 2.24) is 0 Å². The average Bonchev–Trinajstić information content (AvgIpc) is 2.32. The molecule has 0 fully saturated rings. The minimum absolute atomic E-state index is 0.324. The number of nitrogens with one attached hydrogen (secondary N) is 1. The van der Waals surface area contributed by atoms with Crippen molar-refractivity contribution >= 4 is 27.5 Å². The molecule has 2 nitrogen and oxygen atoms in total. The SMILES string of the molecule is O=C(Nc1cccc(Br)c1)c1cc(F)ccc1F. The maximum atomic E-state index is 13.4. The van der Waals surface area contributed by atoms with Gasteiger partial charge in [0.25, 0.3) is 5.91 Å². The second kappa shape index (κ2) is 5.27. The number of hydrogen-bond acceptors (Lipinski definition) is 1. The molecular formula is C13H8BrF2NO. The number of rotatable bonds is 2. The molecule has 18 heavy (non-hydrogen) atoms. The molecule has 0 heterocycles. The lowest BCUT2D eigenvalue weighted by atomic mass is 10.2. The van der Waals surface area contributed by atoms with Crippen molar-refractivity contribution in [3.05, 3.63) is 64.1 Å². The third-order valence-corrected chi connectivity index (χ3v) is 2.75. The van der Waals surface area contributed by atoms with Gasteiger partial charge in [-0.25, -0.2) is 8.78 Å². The number of amides is 1. The van der Waals surface area contributed by atoms with Crippen molar-refractivity contribution < 1.29 is 13.6 Å². The van der Waals surface area contributed by atoms with Crippen LogP contribution in [0.3, 0.4) is 0 Å². The molecule has 5 heteroatoms. The Labute approximate surface area is 111 Å². The number of carbonyl (C=O) groups excluding carboxylic acids is 1. The van der Waals surface area contributed by atoms with Gasteiger partial charge in [-0.1, -0.05) is 22.0 Å². The standard InChI is InChI=1S/C13H8BrF2NO/c14-8-2-1-3-10(6-8)17-13(18)11-7-9(15)4-5-12(11)16/h1-7H,(H,17,18). The predicted molar refractivity (Wildman–Crippen MR) is 68.5 cm³/mol. The summed E-state index contributed by atoms with van der Waals surface area (Å²) in [5.74, 6) is -2.11. The predicted octanol–water partition coefficient (Wildman–Crippen LogP) is 3.98. The molecule has 0 aromatic heterocycles. The lowest BCUT2D eigenvalue weighted by molar-refractivity contribution is 0.102. The highest BCUT2D eigenvalue weighted by Crippen LogP contribution is 2.17. The summed E-state index contributed by atoms with van der Waals surface area (Å²) in [5, 5.41) is 2.49. The van der Waals surface area contributed by atoms with Crippen LogP contribution in [0.15, 0.2) is 46.9 Å². The molecule has 0 aliphatic rings. The second-order valence-electron chi connectivity index (χ2n) is 3.59. The Balaban J connectivity index is 2.24. The maximum absolute atomic E-state index is 13.4. The summed E-state index contributed by atoms with van der Waals surface area (Å²) in [4.78, 5) is 11.8. The highest BCUT2D eigenvalue weighted by molar-refractivity contribution is 9.10. The Morgan fingerprint density at radius 3 is 2.61 bits per heavy atom. The summed E-state index contributed by atoms with van der Waals surface area (Å²) in [6.45, 7) is 0. The van der Waals surface area contributed by atoms with E-state index >= 15 is 0 Å². The number of carbonyl (C=O) groups is 1. The van der Waals surface area contributed by atoms with Crippen molar-refractivity contribution in [2.24, 2.45) is 0 Å². The van der Waals surface area contributed by atoms with Gasteiger partial charge in [0.15, 0.2) is 0 Å². The molecule has 0 aliphatic carbocycles. The van der Waals surface area contributed by atoms with Crippen LogP contribution in [0, 0.1) is 11.6 Å². The van der Waals surface area contributed by atoms with Crippen LogP contribution in [0.4, 0.5) is 14.5 Å². The van der Waals surface area contributed by atoms with E-state index in [-0.39, 0.29) is 5.56 Å². The van der Waals surface area contributed by atoms with Gasteiger partial charge < -0.3 is 5.32 Å². The van der Waals surface area contributed by atoms with Gasteiger partial charge in [-0.2, -0.15) is 0 Å². The van der Waals surface area contributed by atoms with Crippen molar-refractivity contribution in [3.63, 3.8) is 0 Å². The molecule has 2 aromatic rings. The number of benzene rings is 2. The summed E-state index contributed by atoms with van der Waals surface area (Å²) in [5.41, 5.74) is 0.174. The van der Waals surface area contributed by atoms with Crippen molar-refractivity contribution in [1.29, 1.82) is 0 Å². The van der Waals surface area contributed by atoms with Crippen LogP contribution in [-0.2, 0) is 0 Å². The first-order valence-electron chi connectivity index (χ1n) is 5.08. The molecule has 0 saturated carbocycles. The lowest BCUT2D eigenvalue weighted by Gasteiger charge is -2.06. The number of halogens is 3. The molecule has 0 unspecified atom stereocenters. The Hall–Kier alpha value is -1.75. The fraction of sp³-hybridized carbons (Fsp3) is 0. The molecule has 0 radical (unpaired) electrons. The zero-order valence-electron chi connectivity index (χ0n) is 9.08. The number of anilines is 1. The zero-order valence-corrected chi connectivity index (χ0v) is 10.7. The summed E-state index contributed by atoms with van der Waals surface area (Å²) in [6.07, 6.45) is 0. The molecule has 0 bridgehead atoms. The minimum atomic E-state index is -0.760. The molecule has 0 spiro atoms. The molecule has 92 valence electrons. The Morgan fingerprint density at radius 1 is 1.11 bits per heavy atom. The molecule has 2 aromatic carbocycles. The molecule has 0 atom stereocenters. The summed E-state index contributed by atoms with van der Waals surface area (Å²) in [6, 6.07) is 9.58. The van der Waals surface area contributed by atoms with E-state index in [4.69, 9.17) is 0 Å². The van der Waals surface area contributed by atoms with Crippen LogP contribution < -0.4 is 5.32 Å². The lowest BCUT2D eigenvalue weighted by Crippen LogP contribution is -2.14. The molecule has 1 N–H and O–H groups in total. The summed E-state index contributed by atoms with van der Waals surface area (Å²) in [7, 11) is 0. The fourth-order valence-electron chi connectivity index (χ4n) is 1.44. The molecule has 0 aliphatic heterocycles. The molecule has 0 saturated heterocycles. The molecule has 2 rings (SSSR count). The highest BCUT2D eigenvalue weighted by atomic mass is 79.9. The topological polar surface area (TPSA) is 29.1 Å². The van der Waals surface area contributed by atoms with E-state index in [2.05, 4.69) is 21.2 Å². The minimum Gasteiger partial charge on any atom is -0.322 e. The monoisotopic (exact) mass is 311 g/mol. The first-order chi connectivity index (χ1) is 8.56. The summed E-state index contributed by atoms with van der Waals surface area (Å²) < 4.78 is 27.1. The van der Waals surface area contributed by atoms with Crippen LogP contribution in [0.5, 0.6) is 0 Å². The van der Waals surface area contributed by atoms with Gasteiger partial charge in [-0.15, -0.1) is 0 Å². The van der Waals surface area contributed by atoms with E-state index in [1.807, 2.05) is 0 Å². The normalized spacial score (nSPS) is 10.2. The van der Waals surface area contributed by atoms with E-state index in [1.54, 1.807) is 24.3 Å². The Bertz CT molecular complexity index is 601. The molecule has 1 amide bonds. The van der Waals surface area contributed by atoms with Crippen LogP contribution in [0.25, 0.3) is 0 Å². The van der Waals surface area contributed by atoms with E-state index in [0.717, 1.165) is 22.7 Å². The van der Waals surface area contributed by atoms with Gasteiger partial charge in [0.2, 0.25) is 0 Å². The van der Waals surface area contributed by atoms with E-state index in [0.29, 0.717) is 5.69 Å². The Kier molecular flexibility index (Phi) is 3.72. The average molecular weight is 312 g/mol. The van der Waals surface area contributed by atoms with Gasteiger partial charge in [0.05, 0.1) is 5.56 Å². The smallest absolute Gasteiger partial charge is 0.258 e. The number of hydrogen-bond donors (Lipinski definition) is 1. The quantitative estimate of drug-likeness (QED) is 0.893. The molecular weight excluding hydrogens is 304 g/mol. The van der Waals surface area contributed by atoms with Gasteiger partial charge in [0.1, 0.15) is 11.6 Å². The summed E-state index contributed by atoms with van der Waals surface area (Å²) >= 11 is 3.25. The second-order valence-corrected chi connectivity index (χ2v) is 4.50. The van der Waals surface area contributed by atoms with Gasteiger partial charge in [-0.3, -0.25) is 4.79 Å². The third kappa shape index (κ3) is 2.92. The van der Waals surface area contributed by atoms with Gasteiger partial charge in [-0.05, 0) is 36.4 Å². The van der Waals surface area contributed by atoms with Gasteiger partial charge in [0, 0.05) is 10.2 Å². The van der Waals surface area contributed by atoms with E-state index in [1.165, 1.54) is 0 Å². The van der Waals surface area contributed by atoms with E-state index in [9.17, 15) is 13.6 Å². The van der Waals surface area contributed by atoms with Crippen molar-refractivity contribution in [2.75, 3.05) is 5.32 Å². The van der Waals surface area contributed by atoms with Crippen molar-refractivity contribution in [3.8, 4) is 0 Å². The van der Waals surface area contributed by atoms with Crippen molar-refractivity contribution in [2.45, 2.75) is 0 Å². The van der Waals surface area contributed by atoms with E-state index < -0.39 is 17.5 Å². The largest absolute Gasteiger partial charge is 0.322 e. The first-order valence-corrected chi connectivity index (χ1v) is 5.87. The third-order valence-electron chi connectivity index (χ3n) is 2.26. The van der Waals surface area contributed by atoms with Gasteiger partial charge >= 0.3 is 0 Å². The highest BCUT2D eigenvalue weighted by Gasteiger charge is 2.12. The van der Waals surface area contributed by atoms with Crippen LogP contribution in [0.2, 0.25) is 0 Å². The zero-order chi connectivity index (χ0) is 13.1. The Morgan fingerprint density at radius 2 is 1.89 bits per heavy atom. The fourth-order valence-corrected chi connectivity index (χ4v) is 1.84. The first kappa shape index (κ1) is 12.7. The van der Waals surface area contributed by atoms with Crippen LogP contribution in [0.1, 0.15) is 10.4 Å².